The largest absolute Gasteiger partial charge is 0.465 e. The SMILES string of the molecule is Cc1ccc([C@@H](CNC(=O)c2sccc2S(=O)(=O)Nc2cnn(C)c2)N2CCOCC2)o1. The molecule has 0 aromatic carbocycles. The molecule has 0 aliphatic carbocycles. The van der Waals surface area contributed by atoms with Gasteiger partial charge in [0.2, 0.25) is 0 Å². The number of rotatable bonds is 8. The van der Waals surface area contributed by atoms with Gasteiger partial charge < -0.3 is 14.5 Å². The number of hydrogen-bond donors (Lipinski definition) is 2. The van der Waals surface area contributed by atoms with Gasteiger partial charge in [0, 0.05) is 32.9 Å². The second kappa shape index (κ2) is 9.45. The predicted octanol–water partition coefficient (Wildman–Crippen LogP) is 1.99. The molecule has 172 valence electrons. The predicted molar refractivity (Wildman–Crippen MR) is 119 cm³/mol. The molecule has 2 N–H and O–H groups in total. The van der Waals surface area contributed by atoms with Crippen molar-refractivity contribution in [2.24, 2.45) is 7.05 Å². The van der Waals surface area contributed by atoms with Crippen LogP contribution in [0.2, 0.25) is 0 Å². The van der Waals surface area contributed by atoms with Crippen LogP contribution >= 0.6 is 11.3 Å². The van der Waals surface area contributed by atoms with Gasteiger partial charge in [-0.3, -0.25) is 19.1 Å². The van der Waals surface area contributed by atoms with E-state index in [-0.39, 0.29) is 22.4 Å². The zero-order valence-corrected chi connectivity index (χ0v) is 19.4. The first-order valence-electron chi connectivity index (χ1n) is 10.1. The first-order valence-corrected chi connectivity index (χ1v) is 12.4. The Labute approximate surface area is 190 Å². The number of carbonyl (C=O) groups excluding carboxylic acids is 1. The first-order chi connectivity index (χ1) is 15.3. The smallest absolute Gasteiger partial charge is 0.263 e. The molecule has 3 aromatic rings. The van der Waals surface area contributed by atoms with E-state index in [4.69, 9.17) is 9.15 Å². The second-order valence-corrected chi connectivity index (χ2v) is 10.0. The van der Waals surface area contributed by atoms with E-state index < -0.39 is 15.9 Å². The van der Waals surface area contributed by atoms with E-state index in [0.29, 0.717) is 32.0 Å². The fourth-order valence-electron chi connectivity index (χ4n) is 3.56. The Morgan fingerprint density at radius 2 is 2.06 bits per heavy atom. The van der Waals surface area contributed by atoms with Crippen LogP contribution in [0.25, 0.3) is 0 Å². The van der Waals surface area contributed by atoms with Gasteiger partial charge >= 0.3 is 0 Å². The molecule has 0 bridgehead atoms. The van der Waals surface area contributed by atoms with Crippen LogP contribution in [0.4, 0.5) is 5.69 Å². The molecule has 1 amide bonds. The molecule has 1 aliphatic heterocycles. The van der Waals surface area contributed by atoms with Gasteiger partial charge in [0.15, 0.2) is 0 Å². The normalized spacial score (nSPS) is 16.1. The van der Waals surface area contributed by atoms with E-state index in [0.717, 1.165) is 22.9 Å². The van der Waals surface area contributed by atoms with Crippen LogP contribution in [0.1, 0.15) is 27.2 Å². The molecule has 1 saturated heterocycles. The Morgan fingerprint density at radius 1 is 1.28 bits per heavy atom. The van der Waals surface area contributed by atoms with Gasteiger partial charge in [-0.2, -0.15) is 5.10 Å². The Bertz CT molecular complexity index is 1180. The second-order valence-electron chi connectivity index (χ2n) is 7.44. The summed E-state index contributed by atoms with van der Waals surface area (Å²) >= 11 is 1.08. The van der Waals surface area contributed by atoms with Crippen LogP contribution in [0.5, 0.6) is 0 Å². The quantitative estimate of drug-likeness (QED) is 0.507. The highest BCUT2D eigenvalue weighted by Gasteiger charge is 2.28. The number of furan rings is 1. The lowest BCUT2D eigenvalue weighted by Gasteiger charge is -2.33. The molecule has 1 atom stereocenters. The Balaban J connectivity index is 1.49. The Morgan fingerprint density at radius 3 is 2.72 bits per heavy atom. The van der Waals surface area contributed by atoms with Crippen LogP contribution in [0.15, 0.2) is 45.3 Å². The zero-order valence-electron chi connectivity index (χ0n) is 17.8. The lowest BCUT2D eigenvalue weighted by atomic mass is 10.1. The molecule has 1 aliphatic rings. The summed E-state index contributed by atoms with van der Waals surface area (Å²) in [6.07, 6.45) is 2.95. The van der Waals surface area contributed by atoms with Crippen molar-refractivity contribution >= 4 is 33.0 Å². The fraction of sp³-hybridized carbons (Fsp3) is 0.400. The third kappa shape index (κ3) is 5.04. The standard InChI is InChI=1S/C20H25N5O5S2/c1-14-3-4-17(30-14)16(25-6-8-29-9-7-25)12-21-20(26)19-18(5-10-31-19)32(27,28)23-15-11-22-24(2)13-15/h3-5,10-11,13,16,23H,6-9,12H2,1-2H3,(H,21,26)/t16-/m1/s1. The number of ether oxygens (including phenoxy) is 1. The third-order valence-electron chi connectivity index (χ3n) is 5.11. The van der Waals surface area contributed by atoms with Crippen molar-refractivity contribution < 1.29 is 22.4 Å². The molecule has 32 heavy (non-hydrogen) atoms. The number of amides is 1. The summed E-state index contributed by atoms with van der Waals surface area (Å²) in [4.78, 5) is 15.2. The first kappa shape index (κ1) is 22.5. The van der Waals surface area contributed by atoms with Gasteiger partial charge in [-0.05, 0) is 30.5 Å². The number of thiophene rings is 1. The summed E-state index contributed by atoms with van der Waals surface area (Å²) in [7, 11) is -2.25. The molecule has 0 unspecified atom stereocenters. The van der Waals surface area contributed by atoms with Crippen LogP contribution in [0.3, 0.4) is 0 Å². The van der Waals surface area contributed by atoms with Gasteiger partial charge in [-0.15, -0.1) is 11.3 Å². The highest BCUT2D eigenvalue weighted by molar-refractivity contribution is 7.93. The van der Waals surface area contributed by atoms with Crippen LogP contribution in [-0.4, -0.2) is 61.9 Å². The topological polar surface area (TPSA) is 119 Å². The molecule has 0 saturated carbocycles. The summed E-state index contributed by atoms with van der Waals surface area (Å²) in [5, 5.41) is 8.43. The van der Waals surface area contributed by atoms with Gasteiger partial charge in [0.1, 0.15) is 21.3 Å². The number of aryl methyl sites for hydroxylation is 2. The average molecular weight is 480 g/mol. The van der Waals surface area contributed by atoms with Crippen molar-refractivity contribution in [1.82, 2.24) is 20.0 Å². The molecule has 3 aromatic heterocycles. The third-order valence-corrected chi connectivity index (χ3v) is 7.58. The number of aromatic nitrogens is 2. The van der Waals surface area contributed by atoms with Crippen molar-refractivity contribution in [3.8, 4) is 0 Å². The number of carbonyl (C=O) groups is 1. The van der Waals surface area contributed by atoms with Crippen molar-refractivity contribution in [2.45, 2.75) is 17.9 Å². The van der Waals surface area contributed by atoms with Gasteiger partial charge in [0.25, 0.3) is 15.9 Å². The van der Waals surface area contributed by atoms with E-state index in [1.807, 2.05) is 19.1 Å². The number of morpholine rings is 1. The van der Waals surface area contributed by atoms with Crippen LogP contribution in [-0.2, 0) is 21.8 Å². The molecule has 0 spiro atoms. The lowest BCUT2D eigenvalue weighted by Crippen LogP contribution is -2.43. The van der Waals surface area contributed by atoms with E-state index in [1.165, 1.54) is 16.9 Å². The van der Waals surface area contributed by atoms with Crippen LogP contribution < -0.4 is 10.0 Å². The average Bonchev–Trinajstić information content (AvgIpc) is 3.50. The van der Waals surface area contributed by atoms with E-state index in [1.54, 1.807) is 18.6 Å². The minimum absolute atomic E-state index is 0.0689. The van der Waals surface area contributed by atoms with Gasteiger partial charge in [-0.1, -0.05) is 0 Å². The van der Waals surface area contributed by atoms with Crippen molar-refractivity contribution in [1.29, 1.82) is 0 Å². The highest BCUT2D eigenvalue weighted by Crippen LogP contribution is 2.26. The van der Waals surface area contributed by atoms with E-state index in [2.05, 4.69) is 20.0 Å². The summed E-state index contributed by atoms with van der Waals surface area (Å²) in [5.74, 6) is 1.09. The maximum absolute atomic E-state index is 13.0. The molecule has 4 rings (SSSR count). The summed E-state index contributed by atoms with van der Waals surface area (Å²) in [5.41, 5.74) is 0.325. The monoisotopic (exact) mass is 479 g/mol. The molecule has 10 nitrogen and oxygen atoms in total. The lowest BCUT2D eigenvalue weighted by molar-refractivity contribution is 0.0117. The molecule has 12 heteroatoms. The van der Waals surface area contributed by atoms with E-state index in [9.17, 15) is 13.2 Å². The van der Waals surface area contributed by atoms with Gasteiger partial charge in [0.05, 0.1) is 31.1 Å². The Kier molecular flexibility index (Phi) is 6.65. The van der Waals surface area contributed by atoms with Crippen LogP contribution in [0, 0.1) is 6.92 Å². The molecule has 0 radical (unpaired) electrons. The Hall–Kier alpha value is -2.67. The fourth-order valence-corrected chi connectivity index (χ4v) is 5.93. The van der Waals surface area contributed by atoms with Crippen molar-refractivity contribution in [2.75, 3.05) is 37.6 Å². The summed E-state index contributed by atoms with van der Waals surface area (Å²) in [6.45, 7) is 4.80. The maximum atomic E-state index is 13.0. The molecular weight excluding hydrogens is 454 g/mol. The minimum Gasteiger partial charge on any atom is -0.465 e. The number of sulfonamides is 1. The maximum Gasteiger partial charge on any atom is 0.263 e. The zero-order chi connectivity index (χ0) is 22.7. The summed E-state index contributed by atoms with van der Waals surface area (Å²) in [6, 6.07) is 5.04. The van der Waals surface area contributed by atoms with Crippen molar-refractivity contribution in [3.05, 3.63) is 52.4 Å². The molecular formula is C20H25N5O5S2. The van der Waals surface area contributed by atoms with Crippen molar-refractivity contribution in [3.63, 3.8) is 0 Å². The highest BCUT2D eigenvalue weighted by atomic mass is 32.2. The molecule has 4 heterocycles. The van der Waals surface area contributed by atoms with E-state index >= 15 is 0 Å². The number of hydrogen-bond acceptors (Lipinski definition) is 8. The number of nitrogens with one attached hydrogen (secondary N) is 2. The summed E-state index contributed by atoms with van der Waals surface area (Å²) < 4.78 is 40.9. The molecule has 1 fully saturated rings. The minimum atomic E-state index is -3.94. The van der Waals surface area contributed by atoms with Gasteiger partial charge in [-0.25, -0.2) is 8.42 Å². The number of nitrogens with zero attached hydrogens (tertiary/aromatic N) is 3. The number of anilines is 1.